The van der Waals surface area contributed by atoms with Crippen LogP contribution in [0.15, 0.2) is 30.3 Å². The van der Waals surface area contributed by atoms with Crippen LogP contribution in [0, 0.1) is 6.92 Å². The predicted molar refractivity (Wildman–Crippen MR) is 115 cm³/mol. The molecule has 0 unspecified atom stereocenters. The molecule has 2 saturated heterocycles. The number of rotatable bonds is 5. The first-order chi connectivity index (χ1) is 15.0. The number of amides is 2. The van der Waals surface area contributed by atoms with E-state index in [0.717, 1.165) is 18.5 Å². The van der Waals surface area contributed by atoms with E-state index >= 15 is 0 Å². The Balaban J connectivity index is 1.33. The summed E-state index contributed by atoms with van der Waals surface area (Å²) in [6, 6.07) is 9.24. The Morgan fingerprint density at radius 3 is 2.48 bits per heavy atom. The topological polar surface area (TPSA) is 76.9 Å². The number of carbonyl (C=O) groups is 2. The van der Waals surface area contributed by atoms with Crippen molar-refractivity contribution in [3.05, 3.63) is 47.3 Å². The van der Waals surface area contributed by atoms with E-state index in [2.05, 4.69) is 5.10 Å². The zero-order chi connectivity index (χ0) is 21.8. The molecule has 2 aliphatic heterocycles. The third kappa shape index (κ3) is 4.90. The number of hydrogen-bond acceptors (Lipinski definition) is 5. The van der Waals surface area contributed by atoms with Gasteiger partial charge in [0.2, 0.25) is 0 Å². The molecule has 0 aliphatic carbocycles. The molecule has 8 nitrogen and oxygen atoms in total. The van der Waals surface area contributed by atoms with Crippen molar-refractivity contribution in [2.75, 3.05) is 39.4 Å². The Kier molecular flexibility index (Phi) is 6.56. The van der Waals surface area contributed by atoms with E-state index in [0.29, 0.717) is 62.9 Å². The van der Waals surface area contributed by atoms with Crippen molar-refractivity contribution < 1.29 is 19.1 Å². The van der Waals surface area contributed by atoms with Gasteiger partial charge in [0.05, 0.1) is 18.9 Å². The fourth-order valence-electron chi connectivity index (χ4n) is 4.14. The number of benzene rings is 1. The lowest BCUT2D eigenvalue weighted by atomic mass is 10.1. The molecule has 2 amide bonds. The van der Waals surface area contributed by atoms with Crippen molar-refractivity contribution in [2.45, 2.75) is 39.3 Å². The van der Waals surface area contributed by atoms with E-state index in [9.17, 15) is 9.59 Å². The number of morpholine rings is 1. The summed E-state index contributed by atoms with van der Waals surface area (Å²) >= 11 is 0. The van der Waals surface area contributed by atoms with Crippen LogP contribution in [0.2, 0.25) is 0 Å². The molecule has 31 heavy (non-hydrogen) atoms. The van der Waals surface area contributed by atoms with Crippen molar-refractivity contribution in [1.82, 2.24) is 19.6 Å². The molecule has 0 atom stereocenters. The van der Waals surface area contributed by atoms with Gasteiger partial charge in [0.25, 0.3) is 11.8 Å². The number of hydrogen-bond donors (Lipinski definition) is 0. The molecule has 4 rings (SSSR count). The van der Waals surface area contributed by atoms with Gasteiger partial charge in [-0.25, -0.2) is 0 Å². The molecular weight excluding hydrogens is 396 g/mol. The predicted octanol–water partition coefficient (Wildman–Crippen LogP) is 2.37. The smallest absolute Gasteiger partial charge is 0.272 e. The summed E-state index contributed by atoms with van der Waals surface area (Å²) in [4.78, 5) is 29.3. The summed E-state index contributed by atoms with van der Waals surface area (Å²) < 4.78 is 13.3. The van der Waals surface area contributed by atoms with Crippen LogP contribution >= 0.6 is 0 Å². The normalized spacial score (nSPS) is 17.6. The van der Waals surface area contributed by atoms with Crippen LogP contribution in [-0.2, 0) is 11.3 Å². The maximum absolute atomic E-state index is 12.9. The Morgan fingerprint density at radius 2 is 1.77 bits per heavy atom. The lowest BCUT2D eigenvalue weighted by molar-refractivity contribution is 0.0302. The Morgan fingerprint density at radius 1 is 1.06 bits per heavy atom. The van der Waals surface area contributed by atoms with E-state index in [1.54, 1.807) is 4.68 Å². The first kappa shape index (κ1) is 21.4. The molecule has 0 saturated carbocycles. The fourth-order valence-corrected chi connectivity index (χ4v) is 4.14. The molecule has 1 aromatic heterocycles. The van der Waals surface area contributed by atoms with Gasteiger partial charge in [-0.3, -0.25) is 14.3 Å². The van der Waals surface area contributed by atoms with Crippen LogP contribution in [0.1, 0.15) is 46.3 Å². The zero-order valence-corrected chi connectivity index (χ0v) is 18.2. The summed E-state index contributed by atoms with van der Waals surface area (Å²) in [6.07, 6.45) is 1.54. The third-order valence-electron chi connectivity index (χ3n) is 5.83. The van der Waals surface area contributed by atoms with E-state index < -0.39 is 0 Å². The minimum atomic E-state index is 0.0111. The van der Waals surface area contributed by atoms with Crippen LogP contribution in [0.25, 0.3) is 0 Å². The SMILES string of the molecule is CCn1nc(C)cc1C(=O)N1CCC(Oc2cccc(C(=O)N3CCOCC3)c2)CC1. The number of carbonyl (C=O) groups excluding carboxylic acids is 2. The van der Waals surface area contributed by atoms with Gasteiger partial charge < -0.3 is 19.3 Å². The first-order valence-corrected chi connectivity index (χ1v) is 11.0. The zero-order valence-electron chi connectivity index (χ0n) is 18.2. The van der Waals surface area contributed by atoms with Crippen LogP contribution in [0.4, 0.5) is 0 Å². The molecule has 1 aromatic carbocycles. The maximum Gasteiger partial charge on any atom is 0.272 e. The molecule has 2 aliphatic rings. The van der Waals surface area contributed by atoms with E-state index in [-0.39, 0.29) is 17.9 Å². The summed E-state index contributed by atoms with van der Waals surface area (Å²) in [5.41, 5.74) is 2.14. The average molecular weight is 427 g/mol. The molecule has 0 radical (unpaired) electrons. The Hall–Kier alpha value is -2.87. The Bertz CT molecular complexity index is 927. The second-order valence-electron chi connectivity index (χ2n) is 8.03. The lowest BCUT2D eigenvalue weighted by Gasteiger charge is -2.32. The first-order valence-electron chi connectivity index (χ1n) is 11.0. The summed E-state index contributed by atoms with van der Waals surface area (Å²) in [5.74, 6) is 0.736. The lowest BCUT2D eigenvalue weighted by Crippen LogP contribution is -2.42. The van der Waals surface area contributed by atoms with Crippen LogP contribution in [0.5, 0.6) is 5.75 Å². The van der Waals surface area contributed by atoms with Gasteiger partial charge in [0, 0.05) is 51.1 Å². The van der Waals surface area contributed by atoms with Crippen LogP contribution in [-0.4, -0.2) is 76.9 Å². The molecule has 0 bridgehead atoms. The molecular formula is C23H30N4O4. The highest BCUT2D eigenvalue weighted by Gasteiger charge is 2.27. The average Bonchev–Trinajstić information content (AvgIpc) is 3.20. The number of aromatic nitrogens is 2. The monoisotopic (exact) mass is 426 g/mol. The number of aryl methyl sites for hydroxylation is 2. The summed E-state index contributed by atoms with van der Waals surface area (Å²) in [6.45, 7) is 8.25. The Labute approximate surface area is 182 Å². The minimum Gasteiger partial charge on any atom is -0.490 e. The van der Waals surface area contributed by atoms with Crippen molar-refractivity contribution in [2.24, 2.45) is 0 Å². The van der Waals surface area contributed by atoms with Gasteiger partial charge in [-0.2, -0.15) is 5.10 Å². The van der Waals surface area contributed by atoms with E-state index in [4.69, 9.17) is 9.47 Å². The van der Waals surface area contributed by atoms with Crippen molar-refractivity contribution >= 4 is 11.8 Å². The van der Waals surface area contributed by atoms with Crippen molar-refractivity contribution in [3.63, 3.8) is 0 Å². The highest BCUT2D eigenvalue weighted by atomic mass is 16.5. The largest absolute Gasteiger partial charge is 0.490 e. The fraction of sp³-hybridized carbons (Fsp3) is 0.522. The van der Waals surface area contributed by atoms with E-state index in [1.165, 1.54) is 0 Å². The second kappa shape index (κ2) is 9.51. The van der Waals surface area contributed by atoms with Gasteiger partial charge in [-0.15, -0.1) is 0 Å². The highest BCUT2D eigenvalue weighted by molar-refractivity contribution is 5.94. The maximum atomic E-state index is 12.9. The molecule has 3 heterocycles. The van der Waals surface area contributed by atoms with Gasteiger partial charge in [-0.05, 0) is 38.1 Å². The standard InChI is InChI=1S/C23H30N4O4/c1-3-27-21(15-17(2)24-27)23(29)25-9-7-19(8-10-25)31-20-6-4-5-18(16-20)22(28)26-11-13-30-14-12-26/h4-6,15-16,19H,3,7-14H2,1-2H3. The molecule has 166 valence electrons. The van der Waals surface area contributed by atoms with Gasteiger partial charge in [-0.1, -0.05) is 6.07 Å². The van der Waals surface area contributed by atoms with Crippen LogP contribution < -0.4 is 4.74 Å². The molecule has 8 heteroatoms. The van der Waals surface area contributed by atoms with Crippen LogP contribution in [0.3, 0.4) is 0 Å². The van der Waals surface area contributed by atoms with E-state index in [1.807, 2.05) is 54.0 Å². The van der Waals surface area contributed by atoms with Gasteiger partial charge >= 0.3 is 0 Å². The highest BCUT2D eigenvalue weighted by Crippen LogP contribution is 2.22. The number of likely N-dealkylation sites (tertiary alicyclic amines) is 1. The summed E-state index contributed by atoms with van der Waals surface area (Å²) in [7, 11) is 0. The molecule has 0 N–H and O–H groups in total. The van der Waals surface area contributed by atoms with Crippen molar-refractivity contribution in [3.8, 4) is 5.75 Å². The van der Waals surface area contributed by atoms with Gasteiger partial charge in [0.15, 0.2) is 0 Å². The number of nitrogens with zero attached hydrogens (tertiary/aromatic N) is 4. The second-order valence-corrected chi connectivity index (χ2v) is 8.03. The minimum absolute atomic E-state index is 0.0111. The van der Waals surface area contributed by atoms with Crippen molar-refractivity contribution in [1.29, 1.82) is 0 Å². The molecule has 2 fully saturated rings. The summed E-state index contributed by atoms with van der Waals surface area (Å²) in [5, 5.41) is 4.38. The molecule has 2 aromatic rings. The quantitative estimate of drug-likeness (QED) is 0.734. The third-order valence-corrected chi connectivity index (χ3v) is 5.83. The molecule has 0 spiro atoms. The number of ether oxygens (including phenoxy) is 2. The number of piperidine rings is 1. The van der Waals surface area contributed by atoms with Gasteiger partial charge in [0.1, 0.15) is 17.5 Å².